The van der Waals surface area contributed by atoms with E-state index in [1.54, 1.807) is 30.3 Å². The molecule has 1 unspecified atom stereocenters. The van der Waals surface area contributed by atoms with Crippen LogP contribution < -0.4 is 5.32 Å². The zero-order valence-corrected chi connectivity index (χ0v) is 21.0. The van der Waals surface area contributed by atoms with Crippen LogP contribution in [0.4, 0.5) is 4.39 Å². The number of nitrogens with one attached hydrogen (secondary N) is 1. The van der Waals surface area contributed by atoms with E-state index in [4.69, 9.17) is 0 Å². The Labute approximate surface area is 211 Å². The standard InChI is InChI=1S/C29H32FN3O3/c1-4-14-33(15-5-2)16-13-21-9-12-26-24(18-21)25(29(35)36)19-27(32-26)28(34)31-23(6-3)17-20-7-10-22(30)11-8-20/h7-12,18-19,23H,4-6,14-15,17H2,1-3H3,(H,31,34)(H,35,36). The molecule has 0 bridgehead atoms. The number of fused-ring (bicyclic) bond motifs is 1. The molecule has 0 saturated heterocycles. The Morgan fingerprint density at radius 3 is 2.36 bits per heavy atom. The van der Waals surface area contributed by atoms with Crippen LogP contribution in [0.25, 0.3) is 10.9 Å². The van der Waals surface area contributed by atoms with Crippen LogP contribution in [0.15, 0.2) is 48.5 Å². The van der Waals surface area contributed by atoms with Gasteiger partial charge in [-0.15, -0.1) is 0 Å². The predicted molar refractivity (Wildman–Crippen MR) is 139 cm³/mol. The predicted octanol–water partition coefficient (Wildman–Crippen LogP) is 5.25. The van der Waals surface area contributed by atoms with Crippen LogP contribution in [0.1, 0.15) is 72.0 Å². The molecule has 0 aliphatic carbocycles. The van der Waals surface area contributed by atoms with Crippen LogP contribution in [-0.4, -0.2) is 46.0 Å². The lowest BCUT2D eigenvalue weighted by Crippen LogP contribution is -2.36. The van der Waals surface area contributed by atoms with E-state index in [0.29, 0.717) is 29.3 Å². The summed E-state index contributed by atoms with van der Waals surface area (Å²) in [6.07, 6.45) is 3.16. The minimum atomic E-state index is -1.14. The second-order valence-electron chi connectivity index (χ2n) is 8.73. The van der Waals surface area contributed by atoms with Gasteiger partial charge in [0, 0.05) is 36.1 Å². The van der Waals surface area contributed by atoms with Gasteiger partial charge in [0.05, 0.1) is 11.1 Å². The molecule has 1 amide bonds. The number of benzene rings is 2. The molecule has 3 rings (SSSR count). The molecule has 0 radical (unpaired) electrons. The van der Waals surface area contributed by atoms with Crippen LogP contribution in [0.5, 0.6) is 0 Å². The molecule has 1 aromatic heterocycles. The third kappa shape index (κ3) is 7.05. The highest BCUT2D eigenvalue weighted by molar-refractivity contribution is 6.06. The van der Waals surface area contributed by atoms with Crippen molar-refractivity contribution in [3.63, 3.8) is 0 Å². The molecule has 36 heavy (non-hydrogen) atoms. The highest BCUT2D eigenvalue weighted by Crippen LogP contribution is 2.21. The highest BCUT2D eigenvalue weighted by Gasteiger charge is 2.19. The molecule has 2 N–H and O–H groups in total. The van der Waals surface area contributed by atoms with Gasteiger partial charge in [0.25, 0.3) is 5.91 Å². The Morgan fingerprint density at radius 1 is 1.06 bits per heavy atom. The summed E-state index contributed by atoms with van der Waals surface area (Å²) in [4.78, 5) is 31.5. The minimum Gasteiger partial charge on any atom is -0.478 e. The van der Waals surface area contributed by atoms with Gasteiger partial charge < -0.3 is 15.3 Å². The van der Waals surface area contributed by atoms with Crippen molar-refractivity contribution in [2.24, 2.45) is 0 Å². The number of halogens is 1. The number of aromatic carboxylic acids is 1. The fourth-order valence-electron chi connectivity index (χ4n) is 3.97. The third-order valence-electron chi connectivity index (χ3n) is 5.84. The highest BCUT2D eigenvalue weighted by atomic mass is 19.1. The molecule has 188 valence electrons. The molecule has 3 aromatic rings. The lowest BCUT2D eigenvalue weighted by atomic mass is 10.0. The maximum absolute atomic E-state index is 13.2. The third-order valence-corrected chi connectivity index (χ3v) is 5.84. The second kappa shape index (κ2) is 12.7. The van der Waals surface area contributed by atoms with Crippen molar-refractivity contribution in [3.05, 3.63) is 76.7 Å². The first-order valence-corrected chi connectivity index (χ1v) is 12.3. The maximum Gasteiger partial charge on any atom is 0.336 e. The van der Waals surface area contributed by atoms with Crippen LogP contribution in [0, 0.1) is 17.8 Å². The summed E-state index contributed by atoms with van der Waals surface area (Å²) in [5.41, 5.74) is 2.03. The van der Waals surface area contributed by atoms with Crippen molar-refractivity contribution >= 4 is 22.8 Å². The average Bonchev–Trinajstić information content (AvgIpc) is 2.87. The van der Waals surface area contributed by atoms with E-state index < -0.39 is 11.9 Å². The number of carboxylic acid groups (broad SMARTS) is 1. The van der Waals surface area contributed by atoms with Gasteiger partial charge >= 0.3 is 5.97 Å². The lowest BCUT2D eigenvalue weighted by Gasteiger charge is -2.17. The Morgan fingerprint density at radius 2 is 1.75 bits per heavy atom. The van der Waals surface area contributed by atoms with E-state index >= 15 is 0 Å². The monoisotopic (exact) mass is 489 g/mol. The smallest absolute Gasteiger partial charge is 0.336 e. The summed E-state index contributed by atoms with van der Waals surface area (Å²) in [7, 11) is 0. The Hall–Kier alpha value is -3.92. The number of pyridine rings is 1. The van der Waals surface area contributed by atoms with E-state index in [9.17, 15) is 19.1 Å². The van der Waals surface area contributed by atoms with Gasteiger partial charge in [0.1, 0.15) is 11.5 Å². The molecule has 0 fully saturated rings. The van der Waals surface area contributed by atoms with Gasteiger partial charge in [0.2, 0.25) is 0 Å². The summed E-state index contributed by atoms with van der Waals surface area (Å²) in [5, 5.41) is 13.2. The van der Waals surface area contributed by atoms with Gasteiger partial charge in [0.15, 0.2) is 0 Å². The van der Waals surface area contributed by atoms with Crippen molar-refractivity contribution < 1.29 is 19.1 Å². The lowest BCUT2D eigenvalue weighted by molar-refractivity contribution is 0.0699. The van der Waals surface area contributed by atoms with Crippen molar-refractivity contribution in [2.75, 3.05) is 13.1 Å². The Balaban J connectivity index is 1.86. The van der Waals surface area contributed by atoms with Crippen LogP contribution >= 0.6 is 0 Å². The van der Waals surface area contributed by atoms with E-state index in [1.165, 1.54) is 18.2 Å². The second-order valence-corrected chi connectivity index (χ2v) is 8.73. The Bertz CT molecular complexity index is 1270. The van der Waals surface area contributed by atoms with Gasteiger partial charge in [-0.3, -0.25) is 4.79 Å². The fourth-order valence-corrected chi connectivity index (χ4v) is 3.97. The maximum atomic E-state index is 13.2. The summed E-state index contributed by atoms with van der Waals surface area (Å²) < 4.78 is 13.2. The molecule has 2 aromatic carbocycles. The molecule has 0 aliphatic rings. The molecular formula is C29H32FN3O3. The number of amides is 1. The van der Waals surface area contributed by atoms with Crippen molar-refractivity contribution in [3.8, 4) is 12.0 Å². The van der Waals surface area contributed by atoms with Crippen molar-refractivity contribution in [1.82, 2.24) is 15.2 Å². The number of nitrogens with zero attached hydrogens (tertiary/aromatic N) is 2. The largest absolute Gasteiger partial charge is 0.478 e. The van der Waals surface area contributed by atoms with E-state index in [-0.39, 0.29) is 23.1 Å². The topological polar surface area (TPSA) is 82.5 Å². The number of carbonyl (C=O) groups is 2. The van der Waals surface area contributed by atoms with Crippen LogP contribution in [0.2, 0.25) is 0 Å². The first-order valence-electron chi connectivity index (χ1n) is 12.3. The zero-order chi connectivity index (χ0) is 26.1. The van der Waals surface area contributed by atoms with Crippen molar-refractivity contribution in [2.45, 2.75) is 52.5 Å². The number of rotatable bonds is 10. The van der Waals surface area contributed by atoms with Crippen LogP contribution in [-0.2, 0) is 6.42 Å². The first-order chi connectivity index (χ1) is 17.3. The van der Waals surface area contributed by atoms with Gasteiger partial charge in [-0.25, -0.2) is 14.2 Å². The number of hydrogen-bond donors (Lipinski definition) is 2. The fraction of sp³-hybridized carbons (Fsp3) is 0.345. The SMILES string of the molecule is CCCN(C#Cc1ccc2nc(C(=O)NC(CC)Cc3ccc(F)cc3)cc(C(=O)O)c2c1)CCC. The number of hydrogen-bond acceptors (Lipinski definition) is 4. The number of carbonyl (C=O) groups excluding carboxylic acids is 1. The van der Waals surface area contributed by atoms with Crippen molar-refractivity contribution in [1.29, 1.82) is 0 Å². The summed E-state index contributed by atoms with van der Waals surface area (Å²) in [5.74, 6) is 1.22. The minimum absolute atomic E-state index is 0.000597. The van der Waals surface area contributed by atoms with E-state index in [2.05, 4.69) is 41.0 Å². The summed E-state index contributed by atoms with van der Waals surface area (Å²) in [6, 6.07) is 15.6. The number of aromatic nitrogens is 1. The molecular weight excluding hydrogens is 457 g/mol. The van der Waals surface area contributed by atoms with Gasteiger partial charge in [-0.2, -0.15) is 0 Å². The molecule has 1 atom stereocenters. The molecule has 0 spiro atoms. The number of carboxylic acids is 1. The summed E-state index contributed by atoms with van der Waals surface area (Å²) in [6.45, 7) is 7.88. The molecule has 0 saturated carbocycles. The normalized spacial score (nSPS) is 11.4. The molecule has 1 heterocycles. The van der Waals surface area contributed by atoms with Gasteiger partial charge in [-0.1, -0.05) is 32.9 Å². The van der Waals surface area contributed by atoms with Gasteiger partial charge in [-0.05, 0) is 73.6 Å². The Kier molecular flexibility index (Phi) is 9.40. The van der Waals surface area contributed by atoms with Crippen LogP contribution in [0.3, 0.4) is 0 Å². The summed E-state index contributed by atoms with van der Waals surface area (Å²) >= 11 is 0. The zero-order valence-electron chi connectivity index (χ0n) is 21.0. The molecule has 6 nitrogen and oxygen atoms in total. The van der Waals surface area contributed by atoms with E-state index in [0.717, 1.165) is 31.5 Å². The van der Waals surface area contributed by atoms with E-state index in [1.807, 2.05) is 6.92 Å². The molecule has 0 aliphatic heterocycles. The average molecular weight is 490 g/mol. The first kappa shape index (κ1) is 26.7. The molecule has 7 heteroatoms. The quantitative estimate of drug-likeness (QED) is 0.300.